The van der Waals surface area contributed by atoms with Crippen LogP contribution in [0.5, 0.6) is 0 Å². The van der Waals surface area contributed by atoms with E-state index in [0.717, 1.165) is 42.5 Å². The third kappa shape index (κ3) is 6.15. The molecule has 0 amide bonds. The standard InChI is InChI=1S/C24H30N4OS/c1-18-9-10-22-20(15-18)16-21(23(29)26-22)17-28(14-13-27(2)3)24(30)25-12-11-19-7-5-4-6-8-19/h4-10,15-16H,11-14,17H2,1-3H3,(H,25,30)(H,26,29). The van der Waals surface area contributed by atoms with Crippen LogP contribution in [0.15, 0.2) is 59.4 Å². The van der Waals surface area contributed by atoms with Crippen LogP contribution in [0.4, 0.5) is 0 Å². The zero-order valence-corrected chi connectivity index (χ0v) is 18.8. The number of pyridine rings is 1. The van der Waals surface area contributed by atoms with E-state index in [-0.39, 0.29) is 5.56 Å². The largest absolute Gasteiger partial charge is 0.362 e. The van der Waals surface area contributed by atoms with Crippen LogP contribution in [-0.2, 0) is 13.0 Å². The minimum absolute atomic E-state index is 0.0618. The molecule has 2 aromatic carbocycles. The number of aromatic amines is 1. The van der Waals surface area contributed by atoms with E-state index in [0.29, 0.717) is 11.7 Å². The maximum Gasteiger partial charge on any atom is 0.253 e. The highest BCUT2D eigenvalue weighted by Crippen LogP contribution is 2.14. The summed E-state index contributed by atoms with van der Waals surface area (Å²) >= 11 is 5.69. The first-order chi connectivity index (χ1) is 14.4. The Kier molecular flexibility index (Phi) is 7.60. The van der Waals surface area contributed by atoms with E-state index in [1.807, 2.05) is 50.5 Å². The fourth-order valence-electron chi connectivity index (χ4n) is 3.34. The van der Waals surface area contributed by atoms with Gasteiger partial charge in [-0.2, -0.15) is 0 Å². The fourth-order valence-corrected chi connectivity index (χ4v) is 3.60. The number of H-pyrrole nitrogens is 1. The lowest BCUT2D eigenvalue weighted by atomic mass is 10.1. The van der Waals surface area contributed by atoms with E-state index in [9.17, 15) is 4.79 Å². The summed E-state index contributed by atoms with van der Waals surface area (Å²) in [6.07, 6.45) is 0.901. The van der Waals surface area contributed by atoms with Crippen LogP contribution < -0.4 is 10.9 Å². The number of nitrogens with one attached hydrogen (secondary N) is 2. The predicted molar refractivity (Wildman–Crippen MR) is 129 cm³/mol. The molecule has 1 aromatic heterocycles. The molecule has 5 nitrogen and oxygen atoms in total. The molecule has 0 aliphatic heterocycles. The SMILES string of the molecule is Cc1ccc2[nH]c(=O)c(CN(CCN(C)C)C(=S)NCCc3ccccc3)cc2c1. The van der Waals surface area contributed by atoms with E-state index in [2.05, 4.69) is 45.2 Å². The number of hydrogen-bond acceptors (Lipinski definition) is 3. The summed E-state index contributed by atoms with van der Waals surface area (Å²) in [7, 11) is 4.07. The lowest BCUT2D eigenvalue weighted by Crippen LogP contribution is -2.43. The Bertz CT molecular complexity index is 1050. The summed E-state index contributed by atoms with van der Waals surface area (Å²) in [6.45, 7) is 4.89. The number of fused-ring (bicyclic) bond motifs is 1. The number of aryl methyl sites for hydroxylation is 1. The maximum atomic E-state index is 12.7. The Morgan fingerprint density at radius 2 is 1.83 bits per heavy atom. The van der Waals surface area contributed by atoms with Crippen molar-refractivity contribution < 1.29 is 0 Å². The Labute approximate surface area is 183 Å². The molecule has 0 unspecified atom stereocenters. The van der Waals surface area contributed by atoms with Crippen LogP contribution in [0.2, 0.25) is 0 Å². The number of benzene rings is 2. The molecule has 3 aromatic rings. The van der Waals surface area contributed by atoms with Gasteiger partial charge in [-0.05, 0) is 68.8 Å². The molecule has 1 heterocycles. The molecular weight excluding hydrogens is 392 g/mol. The van der Waals surface area contributed by atoms with Crippen molar-refractivity contribution in [3.05, 3.63) is 81.6 Å². The summed E-state index contributed by atoms with van der Waals surface area (Å²) in [6, 6.07) is 18.4. The lowest BCUT2D eigenvalue weighted by molar-refractivity contribution is 0.322. The van der Waals surface area contributed by atoms with Crippen molar-refractivity contribution in [1.82, 2.24) is 20.1 Å². The summed E-state index contributed by atoms with van der Waals surface area (Å²) in [4.78, 5) is 19.9. The second kappa shape index (κ2) is 10.4. The van der Waals surface area contributed by atoms with Gasteiger partial charge < -0.3 is 20.1 Å². The summed E-state index contributed by atoms with van der Waals surface area (Å²) in [5, 5.41) is 5.09. The first-order valence-electron chi connectivity index (χ1n) is 10.3. The second-order valence-electron chi connectivity index (χ2n) is 7.91. The van der Waals surface area contributed by atoms with Gasteiger partial charge >= 0.3 is 0 Å². The Balaban J connectivity index is 1.72. The van der Waals surface area contributed by atoms with Crippen LogP contribution in [0.3, 0.4) is 0 Å². The molecule has 0 spiro atoms. The van der Waals surface area contributed by atoms with Crippen molar-refractivity contribution in [2.45, 2.75) is 19.9 Å². The van der Waals surface area contributed by atoms with Gasteiger partial charge in [0, 0.05) is 30.7 Å². The number of hydrogen-bond donors (Lipinski definition) is 2. The van der Waals surface area contributed by atoms with Crippen LogP contribution in [0, 0.1) is 6.92 Å². The zero-order chi connectivity index (χ0) is 21.5. The third-order valence-electron chi connectivity index (χ3n) is 5.07. The first-order valence-corrected chi connectivity index (χ1v) is 10.7. The molecule has 30 heavy (non-hydrogen) atoms. The van der Waals surface area contributed by atoms with Crippen LogP contribution in [0.25, 0.3) is 10.9 Å². The maximum absolute atomic E-state index is 12.7. The molecule has 3 rings (SSSR count). The molecule has 0 fully saturated rings. The van der Waals surface area contributed by atoms with Crippen molar-refractivity contribution in [1.29, 1.82) is 0 Å². The van der Waals surface area contributed by atoms with Crippen molar-refractivity contribution in [3.8, 4) is 0 Å². The Hall–Kier alpha value is -2.70. The molecule has 0 aliphatic carbocycles. The van der Waals surface area contributed by atoms with E-state index in [1.54, 1.807) is 0 Å². The first kappa shape index (κ1) is 22.0. The summed E-state index contributed by atoms with van der Waals surface area (Å²) in [5.41, 5.74) is 3.96. The molecule has 0 aliphatic rings. The quantitative estimate of drug-likeness (QED) is 0.546. The van der Waals surface area contributed by atoms with E-state index in [1.165, 1.54) is 11.1 Å². The normalized spacial score (nSPS) is 11.1. The number of thiocarbonyl (C=S) groups is 1. The van der Waals surface area contributed by atoms with Gasteiger partial charge in [0.25, 0.3) is 5.56 Å². The van der Waals surface area contributed by atoms with Crippen LogP contribution in [-0.4, -0.2) is 53.6 Å². The van der Waals surface area contributed by atoms with Gasteiger partial charge in [-0.25, -0.2) is 0 Å². The van der Waals surface area contributed by atoms with E-state index >= 15 is 0 Å². The molecule has 158 valence electrons. The number of rotatable bonds is 8. The molecule has 6 heteroatoms. The molecular formula is C24H30N4OS. The van der Waals surface area contributed by atoms with Gasteiger partial charge in [-0.1, -0.05) is 42.0 Å². The zero-order valence-electron chi connectivity index (χ0n) is 17.9. The molecule has 2 N–H and O–H groups in total. The molecule has 0 saturated heterocycles. The van der Waals surface area contributed by atoms with Gasteiger partial charge in [-0.15, -0.1) is 0 Å². The lowest BCUT2D eigenvalue weighted by Gasteiger charge is -2.27. The highest BCUT2D eigenvalue weighted by atomic mass is 32.1. The van der Waals surface area contributed by atoms with Gasteiger partial charge in [-0.3, -0.25) is 4.79 Å². The average Bonchev–Trinajstić information content (AvgIpc) is 2.72. The second-order valence-corrected chi connectivity index (χ2v) is 8.29. The van der Waals surface area contributed by atoms with Gasteiger partial charge in [0.15, 0.2) is 5.11 Å². The van der Waals surface area contributed by atoms with Gasteiger partial charge in [0.2, 0.25) is 0 Å². The van der Waals surface area contributed by atoms with Crippen molar-refractivity contribution in [3.63, 3.8) is 0 Å². The van der Waals surface area contributed by atoms with E-state index in [4.69, 9.17) is 12.2 Å². The summed E-state index contributed by atoms with van der Waals surface area (Å²) in [5.74, 6) is 0. The number of nitrogens with zero attached hydrogens (tertiary/aromatic N) is 2. The Morgan fingerprint density at radius 1 is 1.07 bits per heavy atom. The van der Waals surface area contributed by atoms with E-state index < -0.39 is 0 Å². The molecule has 0 atom stereocenters. The number of likely N-dealkylation sites (N-methyl/N-ethyl adjacent to an activating group) is 1. The van der Waals surface area contributed by atoms with Crippen molar-refractivity contribution >= 4 is 28.2 Å². The summed E-state index contributed by atoms with van der Waals surface area (Å²) < 4.78 is 0. The predicted octanol–water partition coefficient (Wildman–Crippen LogP) is 3.32. The van der Waals surface area contributed by atoms with Gasteiger partial charge in [0.05, 0.1) is 6.54 Å². The minimum atomic E-state index is -0.0618. The monoisotopic (exact) mass is 422 g/mol. The smallest absolute Gasteiger partial charge is 0.253 e. The average molecular weight is 423 g/mol. The molecule has 0 bridgehead atoms. The van der Waals surface area contributed by atoms with Gasteiger partial charge in [0.1, 0.15) is 0 Å². The highest BCUT2D eigenvalue weighted by Gasteiger charge is 2.13. The van der Waals surface area contributed by atoms with Crippen LogP contribution >= 0.6 is 12.2 Å². The van der Waals surface area contributed by atoms with Crippen LogP contribution in [0.1, 0.15) is 16.7 Å². The topological polar surface area (TPSA) is 51.4 Å². The molecule has 0 radical (unpaired) electrons. The number of aromatic nitrogens is 1. The Morgan fingerprint density at radius 3 is 2.57 bits per heavy atom. The third-order valence-corrected chi connectivity index (χ3v) is 5.48. The van der Waals surface area contributed by atoms with Crippen molar-refractivity contribution in [2.24, 2.45) is 0 Å². The fraction of sp³-hybridized carbons (Fsp3) is 0.333. The highest BCUT2D eigenvalue weighted by molar-refractivity contribution is 7.80. The minimum Gasteiger partial charge on any atom is -0.362 e. The molecule has 0 saturated carbocycles. The van der Waals surface area contributed by atoms with Crippen molar-refractivity contribution in [2.75, 3.05) is 33.7 Å².